The number of nitrogens with one attached hydrogen (secondary N) is 1. The maximum absolute atomic E-state index is 9.66. The van der Waals surface area contributed by atoms with Crippen LogP contribution in [-0.4, -0.2) is 21.6 Å². The largest absolute Gasteiger partial charge is 0.760 e. The molecule has 0 amide bonds. The van der Waals surface area contributed by atoms with Crippen molar-refractivity contribution in [2.24, 2.45) is 0 Å². The zero-order valence-electron chi connectivity index (χ0n) is 3.42. The molecule has 2 atom stereocenters. The van der Waals surface area contributed by atoms with Gasteiger partial charge in [0, 0.05) is 11.3 Å². The first-order chi connectivity index (χ1) is 3.29. The van der Waals surface area contributed by atoms with E-state index in [0.717, 1.165) is 0 Å². The van der Waals surface area contributed by atoms with Crippen molar-refractivity contribution in [2.75, 3.05) is 6.61 Å². The molecule has 1 aliphatic rings. The van der Waals surface area contributed by atoms with E-state index in [9.17, 15) is 8.76 Å². The molecule has 0 aromatic rings. The third kappa shape index (κ3) is 1.98. The molecule has 4 nitrogen and oxygen atoms in total. The summed E-state index contributed by atoms with van der Waals surface area (Å²) in [6, 6.07) is 0. The molecule has 1 aliphatic heterocycles. The molecule has 0 bridgehead atoms. The van der Waals surface area contributed by atoms with Crippen molar-refractivity contribution in [1.82, 2.24) is 4.72 Å². The van der Waals surface area contributed by atoms with Crippen LogP contribution in [0.4, 0.5) is 0 Å². The number of hydrogen-bond donors (Lipinski definition) is 1. The van der Waals surface area contributed by atoms with Gasteiger partial charge in [-0.25, -0.2) is 4.72 Å². The smallest absolute Gasteiger partial charge is 0.141 e. The molecule has 0 saturated carbocycles. The highest BCUT2D eigenvalue weighted by molar-refractivity contribution is 7.77. The Morgan fingerprint density at radius 3 is 2.71 bits per heavy atom. The highest BCUT2D eigenvalue weighted by Crippen LogP contribution is 2.02. The van der Waals surface area contributed by atoms with Crippen LogP contribution in [0.5, 0.6) is 0 Å². The van der Waals surface area contributed by atoms with Crippen LogP contribution in [-0.2, 0) is 16.0 Å². The molecule has 42 valence electrons. The maximum Gasteiger partial charge on any atom is 0.141 e. The van der Waals surface area contributed by atoms with Crippen LogP contribution in [0.3, 0.4) is 0 Å². The third-order valence-corrected chi connectivity index (χ3v) is 1.02. The van der Waals surface area contributed by atoms with E-state index in [0.29, 0.717) is 6.61 Å². The summed E-state index contributed by atoms with van der Waals surface area (Å²) in [5.41, 5.74) is 0. The lowest BCUT2D eigenvalue weighted by Crippen LogP contribution is -2.19. The molecule has 1 heterocycles. The highest BCUT2D eigenvalue weighted by Gasteiger charge is 2.21. The minimum Gasteiger partial charge on any atom is -0.760 e. The van der Waals surface area contributed by atoms with E-state index < -0.39 is 11.3 Å². The van der Waals surface area contributed by atoms with E-state index in [1.165, 1.54) is 0 Å². The fraction of sp³-hybridized carbons (Fsp3) is 1.00. The van der Waals surface area contributed by atoms with Gasteiger partial charge in [0.05, 0.1) is 6.61 Å². The van der Waals surface area contributed by atoms with Gasteiger partial charge in [-0.05, 0) is 0 Å². The fourth-order valence-corrected chi connectivity index (χ4v) is 0.574. The van der Waals surface area contributed by atoms with Crippen LogP contribution in [0.1, 0.15) is 0 Å². The normalized spacial score (nSPS) is 32.4. The molecule has 1 fully saturated rings. The summed E-state index contributed by atoms with van der Waals surface area (Å²) in [7, 11) is 0. The summed E-state index contributed by atoms with van der Waals surface area (Å²) < 4.78 is 25.9. The molecule has 0 aliphatic carbocycles. The molecule has 1 N–H and O–H groups in total. The Morgan fingerprint density at radius 2 is 2.57 bits per heavy atom. The van der Waals surface area contributed by atoms with Crippen molar-refractivity contribution in [3.63, 3.8) is 0 Å². The Kier molecular flexibility index (Phi) is 1.38. The van der Waals surface area contributed by atoms with E-state index in [2.05, 4.69) is 9.46 Å². The molecule has 1 rings (SSSR count). The summed E-state index contributed by atoms with van der Waals surface area (Å²) in [4.78, 5) is 0. The van der Waals surface area contributed by atoms with Crippen molar-refractivity contribution in [2.45, 2.75) is 6.23 Å². The molecule has 0 aromatic carbocycles. The maximum atomic E-state index is 9.66. The SMILES string of the molecule is O=S([O-])NC1CO1. The van der Waals surface area contributed by atoms with Crippen LogP contribution in [0, 0.1) is 0 Å². The Bertz CT molecular complexity index is 90.9. The zero-order valence-corrected chi connectivity index (χ0v) is 4.23. The number of hydrogen-bond acceptors (Lipinski definition) is 3. The van der Waals surface area contributed by atoms with Crippen LogP contribution >= 0.6 is 0 Å². The Balaban J connectivity index is 2.08. The van der Waals surface area contributed by atoms with E-state index in [-0.39, 0.29) is 6.23 Å². The summed E-state index contributed by atoms with van der Waals surface area (Å²) in [6.07, 6.45) is -0.238. The lowest BCUT2D eigenvalue weighted by atomic mass is 10.8. The molecule has 7 heavy (non-hydrogen) atoms. The molecule has 0 radical (unpaired) electrons. The minimum atomic E-state index is -2.16. The second-order valence-electron chi connectivity index (χ2n) is 1.17. The Hall–Kier alpha value is 0.0300. The monoisotopic (exact) mass is 122 g/mol. The Morgan fingerprint density at radius 1 is 2.00 bits per heavy atom. The second-order valence-corrected chi connectivity index (χ2v) is 1.88. The van der Waals surface area contributed by atoms with Gasteiger partial charge in [0.2, 0.25) is 0 Å². The van der Waals surface area contributed by atoms with Crippen molar-refractivity contribution in [1.29, 1.82) is 0 Å². The summed E-state index contributed by atoms with van der Waals surface area (Å²) >= 11 is -2.16. The average Bonchev–Trinajstić information content (AvgIpc) is 2.17. The van der Waals surface area contributed by atoms with E-state index in [1.54, 1.807) is 0 Å². The standard InChI is InChI=1S/C2H5NO3S/c4-7(5)3-2-1-6-2/h2-3H,1H2,(H,4,5)/p-1. The Labute approximate surface area is 43.3 Å². The van der Waals surface area contributed by atoms with Gasteiger partial charge in [-0.3, -0.25) is 4.21 Å². The lowest BCUT2D eigenvalue weighted by molar-refractivity contribution is 0.392. The molecule has 2 unspecified atom stereocenters. The first-order valence-corrected chi connectivity index (χ1v) is 2.83. The zero-order chi connectivity index (χ0) is 5.28. The van der Waals surface area contributed by atoms with Gasteiger partial charge >= 0.3 is 0 Å². The quantitative estimate of drug-likeness (QED) is 0.366. The molecular formula is C2H4NO3S-. The number of epoxide rings is 1. The topological polar surface area (TPSA) is 64.7 Å². The fourth-order valence-electron chi connectivity index (χ4n) is 0.223. The first-order valence-electron chi connectivity index (χ1n) is 1.76. The van der Waals surface area contributed by atoms with Crippen LogP contribution in [0.25, 0.3) is 0 Å². The van der Waals surface area contributed by atoms with Gasteiger partial charge in [-0.15, -0.1) is 0 Å². The van der Waals surface area contributed by atoms with Gasteiger partial charge in [0.25, 0.3) is 0 Å². The van der Waals surface area contributed by atoms with Gasteiger partial charge in [-0.2, -0.15) is 0 Å². The summed E-state index contributed by atoms with van der Waals surface area (Å²) in [6.45, 7) is 0.508. The van der Waals surface area contributed by atoms with Gasteiger partial charge in [0.15, 0.2) is 0 Å². The van der Waals surface area contributed by atoms with Gasteiger partial charge < -0.3 is 9.29 Å². The molecule has 0 spiro atoms. The number of rotatable bonds is 2. The van der Waals surface area contributed by atoms with Crippen molar-refractivity contribution in [3.05, 3.63) is 0 Å². The van der Waals surface area contributed by atoms with Crippen LogP contribution < -0.4 is 4.72 Å². The summed E-state index contributed by atoms with van der Waals surface area (Å²) in [5.74, 6) is 0. The second kappa shape index (κ2) is 1.87. The minimum absolute atomic E-state index is 0.238. The van der Waals surface area contributed by atoms with Crippen molar-refractivity contribution >= 4 is 11.3 Å². The molecule has 1 saturated heterocycles. The molecular weight excluding hydrogens is 118 g/mol. The first kappa shape index (κ1) is 5.17. The predicted molar refractivity (Wildman–Crippen MR) is 21.8 cm³/mol. The van der Waals surface area contributed by atoms with E-state index >= 15 is 0 Å². The van der Waals surface area contributed by atoms with Crippen molar-refractivity contribution in [3.8, 4) is 0 Å². The molecule has 0 aromatic heterocycles. The summed E-state index contributed by atoms with van der Waals surface area (Å²) in [5, 5.41) is 0. The number of ether oxygens (including phenoxy) is 1. The van der Waals surface area contributed by atoms with Crippen LogP contribution in [0.2, 0.25) is 0 Å². The average molecular weight is 122 g/mol. The van der Waals surface area contributed by atoms with E-state index in [4.69, 9.17) is 0 Å². The van der Waals surface area contributed by atoms with E-state index in [1.807, 2.05) is 0 Å². The van der Waals surface area contributed by atoms with Crippen LogP contribution in [0.15, 0.2) is 0 Å². The third-order valence-electron chi connectivity index (χ3n) is 0.561. The van der Waals surface area contributed by atoms with Gasteiger partial charge in [-0.1, -0.05) is 0 Å². The highest BCUT2D eigenvalue weighted by atomic mass is 32.2. The van der Waals surface area contributed by atoms with Gasteiger partial charge in [0.1, 0.15) is 6.23 Å². The lowest BCUT2D eigenvalue weighted by Gasteiger charge is -2.00. The predicted octanol–water partition coefficient (Wildman–Crippen LogP) is -1.27. The van der Waals surface area contributed by atoms with Crippen molar-refractivity contribution < 1.29 is 13.5 Å². The molecule has 5 heteroatoms.